The number of hydrogen-bond donors (Lipinski definition) is 0. The van der Waals surface area contributed by atoms with Crippen molar-refractivity contribution < 1.29 is 9.47 Å². The Morgan fingerprint density at radius 2 is 1.47 bits per heavy atom. The Balaban J connectivity index is 1.95. The van der Waals surface area contributed by atoms with Crippen molar-refractivity contribution in [1.29, 1.82) is 0 Å². The molecular weight excluding hydrogens is 236 g/mol. The first-order chi connectivity index (χ1) is 8.99. The van der Waals surface area contributed by atoms with E-state index in [0.29, 0.717) is 0 Å². The van der Waals surface area contributed by atoms with E-state index in [1.807, 2.05) is 6.92 Å². The van der Waals surface area contributed by atoms with Crippen LogP contribution in [0.5, 0.6) is 0 Å². The van der Waals surface area contributed by atoms with Crippen LogP contribution < -0.4 is 0 Å². The molecule has 0 radical (unpaired) electrons. The van der Waals surface area contributed by atoms with Gasteiger partial charge in [-0.05, 0) is 23.8 Å². The first-order valence-electron chi connectivity index (χ1n) is 6.76. The van der Waals surface area contributed by atoms with Crippen molar-refractivity contribution in [1.82, 2.24) is 0 Å². The van der Waals surface area contributed by atoms with E-state index < -0.39 is 5.79 Å². The zero-order valence-corrected chi connectivity index (χ0v) is 11.8. The molecule has 1 aliphatic rings. The number of fused-ring (bicyclic) bond motifs is 1. The van der Waals surface area contributed by atoms with Crippen molar-refractivity contribution >= 4 is 10.8 Å². The smallest absolute Gasteiger partial charge is 0.191 e. The lowest BCUT2D eigenvalue weighted by Gasteiger charge is -2.41. The topological polar surface area (TPSA) is 18.5 Å². The zero-order chi connectivity index (χ0) is 13.5. The van der Waals surface area contributed by atoms with Crippen molar-refractivity contribution in [3.05, 3.63) is 48.0 Å². The lowest BCUT2D eigenvalue weighted by Crippen LogP contribution is -2.43. The molecule has 0 spiro atoms. The summed E-state index contributed by atoms with van der Waals surface area (Å²) in [5.74, 6) is -0.625. The maximum atomic E-state index is 5.99. The van der Waals surface area contributed by atoms with Crippen molar-refractivity contribution in [3.8, 4) is 0 Å². The second-order valence-corrected chi connectivity index (χ2v) is 6.25. The summed E-state index contributed by atoms with van der Waals surface area (Å²) in [6, 6.07) is 14.7. The van der Waals surface area contributed by atoms with E-state index in [1.165, 1.54) is 10.8 Å². The molecule has 0 unspecified atom stereocenters. The predicted molar refractivity (Wildman–Crippen MR) is 77.0 cm³/mol. The molecule has 3 rings (SSSR count). The third-order valence-electron chi connectivity index (χ3n) is 3.75. The average Bonchev–Trinajstić information content (AvgIpc) is 2.42. The van der Waals surface area contributed by atoms with Gasteiger partial charge in [-0.3, -0.25) is 0 Å². The van der Waals surface area contributed by atoms with Gasteiger partial charge in [-0.25, -0.2) is 0 Å². The molecule has 0 atom stereocenters. The van der Waals surface area contributed by atoms with E-state index in [2.05, 4.69) is 56.3 Å². The monoisotopic (exact) mass is 256 g/mol. The molecule has 0 aromatic heterocycles. The van der Waals surface area contributed by atoms with Gasteiger partial charge in [0.25, 0.3) is 0 Å². The first kappa shape index (κ1) is 12.6. The van der Waals surface area contributed by atoms with Crippen LogP contribution in [0.15, 0.2) is 42.5 Å². The largest absolute Gasteiger partial charge is 0.345 e. The number of rotatable bonds is 1. The van der Waals surface area contributed by atoms with Crippen LogP contribution in [-0.2, 0) is 15.3 Å². The van der Waals surface area contributed by atoms with E-state index in [0.717, 1.165) is 18.8 Å². The number of benzene rings is 2. The molecule has 2 nitrogen and oxygen atoms in total. The van der Waals surface area contributed by atoms with Gasteiger partial charge in [0.05, 0.1) is 13.2 Å². The molecule has 2 heteroatoms. The second kappa shape index (κ2) is 4.32. The average molecular weight is 256 g/mol. The minimum Gasteiger partial charge on any atom is -0.345 e. The number of hydrogen-bond acceptors (Lipinski definition) is 2. The molecule has 19 heavy (non-hydrogen) atoms. The van der Waals surface area contributed by atoms with Gasteiger partial charge in [0.1, 0.15) is 0 Å². The van der Waals surface area contributed by atoms with E-state index in [4.69, 9.17) is 9.47 Å². The molecule has 1 fully saturated rings. The van der Waals surface area contributed by atoms with Crippen LogP contribution in [0.1, 0.15) is 26.3 Å². The van der Waals surface area contributed by atoms with Crippen LogP contribution in [-0.4, -0.2) is 13.2 Å². The highest BCUT2D eigenvalue weighted by atomic mass is 16.7. The van der Waals surface area contributed by atoms with E-state index in [-0.39, 0.29) is 5.41 Å². The Labute approximate surface area is 114 Å². The quantitative estimate of drug-likeness (QED) is 0.765. The standard InChI is InChI=1S/C17H20O2/c1-16(2)11-18-17(3,19-12-16)15-9-8-13-6-4-5-7-14(13)10-15/h4-10H,11-12H2,1-3H3. The summed E-state index contributed by atoms with van der Waals surface area (Å²) < 4.78 is 12.0. The van der Waals surface area contributed by atoms with Gasteiger partial charge in [0, 0.05) is 11.0 Å². The summed E-state index contributed by atoms with van der Waals surface area (Å²) in [5, 5.41) is 2.46. The van der Waals surface area contributed by atoms with Crippen LogP contribution in [0.4, 0.5) is 0 Å². The molecule has 0 bridgehead atoms. The van der Waals surface area contributed by atoms with Crippen molar-refractivity contribution in [2.75, 3.05) is 13.2 Å². The highest BCUT2D eigenvalue weighted by Gasteiger charge is 2.38. The Morgan fingerprint density at radius 3 is 2.16 bits per heavy atom. The minimum absolute atomic E-state index is 0.0936. The summed E-state index contributed by atoms with van der Waals surface area (Å²) in [5.41, 5.74) is 1.18. The van der Waals surface area contributed by atoms with Gasteiger partial charge in [-0.2, -0.15) is 0 Å². The van der Waals surface area contributed by atoms with Crippen LogP contribution >= 0.6 is 0 Å². The summed E-state index contributed by atoms with van der Waals surface area (Å²) in [6.07, 6.45) is 0. The summed E-state index contributed by atoms with van der Waals surface area (Å²) >= 11 is 0. The molecule has 2 aromatic rings. The van der Waals surface area contributed by atoms with Gasteiger partial charge >= 0.3 is 0 Å². The SMILES string of the molecule is CC1(C)COC(C)(c2ccc3ccccc3c2)OC1. The second-order valence-electron chi connectivity index (χ2n) is 6.25. The fraction of sp³-hybridized carbons (Fsp3) is 0.412. The zero-order valence-electron chi connectivity index (χ0n) is 11.8. The molecule has 1 saturated heterocycles. The van der Waals surface area contributed by atoms with Crippen molar-refractivity contribution in [3.63, 3.8) is 0 Å². The van der Waals surface area contributed by atoms with Crippen LogP contribution in [0, 0.1) is 5.41 Å². The van der Waals surface area contributed by atoms with Crippen LogP contribution in [0.3, 0.4) is 0 Å². The summed E-state index contributed by atoms with van der Waals surface area (Å²) in [4.78, 5) is 0. The highest BCUT2D eigenvalue weighted by Crippen LogP contribution is 2.36. The van der Waals surface area contributed by atoms with Gasteiger partial charge < -0.3 is 9.47 Å². The van der Waals surface area contributed by atoms with E-state index in [9.17, 15) is 0 Å². The first-order valence-corrected chi connectivity index (χ1v) is 6.76. The fourth-order valence-corrected chi connectivity index (χ4v) is 2.39. The third-order valence-corrected chi connectivity index (χ3v) is 3.75. The lowest BCUT2D eigenvalue weighted by molar-refractivity contribution is -0.298. The molecule has 100 valence electrons. The normalized spacial score (nSPS) is 21.4. The molecule has 0 aliphatic carbocycles. The van der Waals surface area contributed by atoms with Gasteiger partial charge in [-0.15, -0.1) is 0 Å². The fourth-order valence-electron chi connectivity index (χ4n) is 2.39. The number of ether oxygens (including phenoxy) is 2. The Morgan fingerprint density at radius 1 is 0.842 bits per heavy atom. The minimum atomic E-state index is -0.625. The maximum Gasteiger partial charge on any atom is 0.191 e. The van der Waals surface area contributed by atoms with Crippen molar-refractivity contribution in [2.24, 2.45) is 5.41 Å². The van der Waals surface area contributed by atoms with Gasteiger partial charge in [0.15, 0.2) is 5.79 Å². The predicted octanol–water partition coefficient (Wildman–Crippen LogP) is 4.09. The molecule has 2 aromatic carbocycles. The van der Waals surface area contributed by atoms with Gasteiger partial charge in [-0.1, -0.05) is 50.2 Å². The van der Waals surface area contributed by atoms with E-state index >= 15 is 0 Å². The van der Waals surface area contributed by atoms with Crippen molar-refractivity contribution in [2.45, 2.75) is 26.6 Å². The Hall–Kier alpha value is -1.38. The van der Waals surface area contributed by atoms with Gasteiger partial charge in [0.2, 0.25) is 0 Å². The Bertz CT molecular complexity index is 591. The highest BCUT2D eigenvalue weighted by molar-refractivity contribution is 5.83. The lowest BCUT2D eigenvalue weighted by atomic mass is 9.93. The van der Waals surface area contributed by atoms with Crippen LogP contribution in [0.2, 0.25) is 0 Å². The van der Waals surface area contributed by atoms with Crippen LogP contribution in [0.25, 0.3) is 10.8 Å². The maximum absolute atomic E-state index is 5.99. The summed E-state index contributed by atoms with van der Waals surface area (Å²) in [6.45, 7) is 7.76. The molecule has 1 heterocycles. The Kier molecular flexibility index (Phi) is 2.88. The molecule has 0 N–H and O–H groups in total. The third kappa shape index (κ3) is 2.38. The molecule has 1 aliphatic heterocycles. The molecule has 0 amide bonds. The summed E-state index contributed by atoms with van der Waals surface area (Å²) in [7, 11) is 0. The molecule has 0 saturated carbocycles. The molecular formula is C17H20O2. The van der Waals surface area contributed by atoms with E-state index in [1.54, 1.807) is 0 Å².